The number of rotatable bonds is 15. The van der Waals surface area contributed by atoms with Gasteiger partial charge in [0.2, 0.25) is 0 Å². The molecule has 1 aliphatic heterocycles. The molecule has 6 unspecified atom stereocenters. The van der Waals surface area contributed by atoms with Crippen molar-refractivity contribution in [2.45, 2.75) is 192 Å². The minimum absolute atomic E-state index is 0.345. The molecule has 3 aliphatic rings. The van der Waals surface area contributed by atoms with E-state index in [0.29, 0.717) is 71.5 Å². The van der Waals surface area contributed by atoms with E-state index in [2.05, 4.69) is 115 Å². The van der Waals surface area contributed by atoms with Crippen molar-refractivity contribution in [3.63, 3.8) is 0 Å². The average molecular weight is 700 g/mol. The SMILES string of the molecule is CC(=NC1C(C(C)C)CC(C(C)C)CC1C(C)C)C1CCCC(C(CCCO[Si](C)(C)C)=NC2C(C(C)C)CC(C(C)C)CC2C(C)C)N1. The van der Waals surface area contributed by atoms with E-state index in [-0.39, 0.29) is 0 Å². The predicted molar refractivity (Wildman–Crippen MR) is 220 cm³/mol. The Bertz CT molecular complexity index is 1000. The van der Waals surface area contributed by atoms with Crippen molar-refractivity contribution in [1.82, 2.24) is 5.32 Å². The Labute approximate surface area is 307 Å². The second-order valence-corrected chi connectivity index (χ2v) is 24.7. The molecule has 0 amide bonds. The van der Waals surface area contributed by atoms with Gasteiger partial charge in [-0.3, -0.25) is 9.98 Å². The van der Waals surface area contributed by atoms with Gasteiger partial charge in [-0.2, -0.15) is 0 Å². The zero-order valence-corrected chi connectivity index (χ0v) is 36.6. The summed E-state index contributed by atoms with van der Waals surface area (Å²) in [4.78, 5) is 11.7. The van der Waals surface area contributed by atoms with Crippen LogP contribution in [0.4, 0.5) is 0 Å². The van der Waals surface area contributed by atoms with Crippen LogP contribution < -0.4 is 5.32 Å². The van der Waals surface area contributed by atoms with Crippen LogP contribution in [0.5, 0.6) is 0 Å². The number of nitrogens with zero attached hydrogens (tertiary/aromatic N) is 2. The molecule has 0 aromatic rings. The van der Waals surface area contributed by atoms with Gasteiger partial charge in [0.25, 0.3) is 0 Å². The van der Waals surface area contributed by atoms with Gasteiger partial charge < -0.3 is 9.74 Å². The quantitative estimate of drug-likeness (QED) is 0.105. The van der Waals surface area contributed by atoms with Crippen molar-refractivity contribution < 1.29 is 4.43 Å². The molecule has 2 saturated carbocycles. The molecule has 2 aliphatic carbocycles. The molecule has 1 heterocycles. The number of piperidine rings is 1. The molecule has 49 heavy (non-hydrogen) atoms. The molecule has 0 aromatic carbocycles. The minimum Gasteiger partial charge on any atom is -0.418 e. The molecule has 5 heteroatoms. The third-order valence-corrected chi connectivity index (χ3v) is 14.5. The van der Waals surface area contributed by atoms with E-state index >= 15 is 0 Å². The van der Waals surface area contributed by atoms with Gasteiger partial charge in [0.05, 0.1) is 12.1 Å². The Balaban J connectivity index is 1.95. The fourth-order valence-corrected chi connectivity index (χ4v) is 10.7. The van der Waals surface area contributed by atoms with Gasteiger partial charge in [0.15, 0.2) is 8.32 Å². The van der Waals surface area contributed by atoms with Crippen molar-refractivity contribution in [1.29, 1.82) is 0 Å². The monoisotopic (exact) mass is 700 g/mol. The molecule has 0 spiro atoms. The molecule has 0 radical (unpaired) electrons. The van der Waals surface area contributed by atoms with Crippen LogP contribution in [0.3, 0.4) is 0 Å². The Hall–Kier alpha value is -0.523. The van der Waals surface area contributed by atoms with E-state index in [1.807, 2.05) is 0 Å². The molecule has 3 fully saturated rings. The van der Waals surface area contributed by atoms with Gasteiger partial charge >= 0.3 is 0 Å². The lowest BCUT2D eigenvalue weighted by Gasteiger charge is -2.46. The highest BCUT2D eigenvalue weighted by Gasteiger charge is 2.43. The molecule has 0 aromatic heterocycles. The van der Waals surface area contributed by atoms with Gasteiger partial charge in [-0.25, -0.2) is 0 Å². The van der Waals surface area contributed by atoms with Crippen molar-refractivity contribution in [3.05, 3.63) is 0 Å². The van der Waals surface area contributed by atoms with Crippen LogP contribution in [0.1, 0.15) is 148 Å². The first kappa shape index (κ1) is 42.9. The number of hydrogen-bond acceptors (Lipinski definition) is 4. The fraction of sp³-hybridized carbons (Fsp3) is 0.955. The van der Waals surface area contributed by atoms with Crippen molar-refractivity contribution >= 4 is 19.7 Å². The maximum Gasteiger partial charge on any atom is 0.183 e. The molecule has 6 atom stereocenters. The summed E-state index contributed by atoms with van der Waals surface area (Å²) >= 11 is 0. The minimum atomic E-state index is -1.54. The maximum absolute atomic E-state index is 6.39. The summed E-state index contributed by atoms with van der Waals surface area (Å²) in [5.74, 6) is 8.46. The van der Waals surface area contributed by atoms with Crippen molar-refractivity contribution in [2.24, 2.45) is 81.0 Å². The smallest absolute Gasteiger partial charge is 0.183 e. The third kappa shape index (κ3) is 12.3. The largest absolute Gasteiger partial charge is 0.418 e. The molecule has 3 rings (SSSR count). The predicted octanol–water partition coefficient (Wildman–Crippen LogP) is 12.0. The molecule has 286 valence electrons. The molecule has 4 nitrogen and oxygen atoms in total. The zero-order chi connectivity index (χ0) is 36.8. The lowest BCUT2D eigenvalue weighted by Crippen LogP contribution is -2.51. The number of aliphatic imine (C=N–C) groups is 2. The summed E-state index contributed by atoms with van der Waals surface area (Å²) < 4.78 is 6.39. The second kappa shape index (κ2) is 19.0. The average Bonchev–Trinajstić information content (AvgIpc) is 3.01. The Morgan fingerprint density at radius 3 is 1.41 bits per heavy atom. The van der Waals surface area contributed by atoms with Gasteiger partial charge in [0.1, 0.15) is 0 Å². The van der Waals surface area contributed by atoms with E-state index in [0.717, 1.165) is 43.1 Å². The van der Waals surface area contributed by atoms with Crippen LogP contribution >= 0.6 is 0 Å². The molecular weight excluding hydrogens is 615 g/mol. The highest BCUT2D eigenvalue weighted by atomic mass is 28.4. The van der Waals surface area contributed by atoms with Gasteiger partial charge in [-0.05, 0) is 155 Å². The first-order valence-corrected chi connectivity index (χ1v) is 24.7. The van der Waals surface area contributed by atoms with Crippen LogP contribution in [-0.2, 0) is 4.43 Å². The van der Waals surface area contributed by atoms with Gasteiger partial charge in [0, 0.05) is 30.1 Å². The highest BCUT2D eigenvalue weighted by molar-refractivity contribution is 6.69. The zero-order valence-electron chi connectivity index (χ0n) is 35.6. The lowest BCUT2D eigenvalue weighted by atomic mass is 9.62. The summed E-state index contributed by atoms with van der Waals surface area (Å²) in [6.45, 7) is 39.6. The molecule has 0 bridgehead atoms. The number of hydrogen-bond donors (Lipinski definition) is 1. The first-order valence-electron chi connectivity index (χ1n) is 21.3. The Morgan fingerprint density at radius 2 is 1.02 bits per heavy atom. The fourth-order valence-electron chi connectivity index (χ4n) is 9.93. The maximum atomic E-state index is 6.39. The third-order valence-electron chi connectivity index (χ3n) is 13.4. The highest BCUT2D eigenvalue weighted by Crippen LogP contribution is 2.46. The summed E-state index contributed by atoms with van der Waals surface area (Å²) in [6, 6.07) is 1.56. The lowest BCUT2D eigenvalue weighted by molar-refractivity contribution is 0.0772. The van der Waals surface area contributed by atoms with Crippen LogP contribution in [0.15, 0.2) is 9.98 Å². The Morgan fingerprint density at radius 1 is 0.612 bits per heavy atom. The summed E-state index contributed by atoms with van der Waals surface area (Å²) in [7, 11) is -1.54. The first-order chi connectivity index (χ1) is 22.8. The van der Waals surface area contributed by atoms with E-state index in [4.69, 9.17) is 14.4 Å². The standard InChI is InChI=1S/C44H85N3OSi/c1-27(2)34-23-36(29(5)6)43(37(24-34)30(7)8)45-33(13)40-19-17-20-41(46-40)42(21-18-22-48-49(14,15)16)47-44-38(31(9)10)25-35(28(3)4)26-39(44)32(11)12/h27-32,34-41,43-44,46H,17-26H2,1-16H3. The van der Waals surface area contributed by atoms with E-state index in [9.17, 15) is 0 Å². The van der Waals surface area contributed by atoms with E-state index in [1.54, 1.807) is 0 Å². The topological polar surface area (TPSA) is 46.0 Å². The van der Waals surface area contributed by atoms with Gasteiger partial charge in [-0.1, -0.05) is 83.1 Å². The normalized spacial score (nSPS) is 34.3. The molecule has 1 N–H and O–H groups in total. The summed E-state index contributed by atoms with van der Waals surface area (Å²) in [6.07, 6.45) is 11.1. The van der Waals surface area contributed by atoms with Gasteiger partial charge in [-0.15, -0.1) is 0 Å². The van der Waals surface area contributed by atoms with Crippen LogP contribution in [-0.4, -0.2) is 50.5 Å². The molecular formula is C44H85N3OSi. The second-order valence-electron chi connectivity index (χ2n) is 20.2. The Kier molecular flexibility index (Phi) is 16.6. The van der Waals surface area contributed by atoms with E-state index in [1.165, 1.54) is 56.4 Å². The van der Waals surface area contributed by atoms with Crippen molar-refractivity contribution in [3.8, 4) is 0 Å². The van der Waals surface area contributed by atoms with Crippen LogP contribution in [0.25, 0.3) is 0 Å². The number of nitrogens with one attached hydrogen (secondary N) is 1. The van der Waals surface area contributed by atoms with Crippen LogP contribution in [0, 0.1) is 71.0 Å². The van der Waals surface area contributed by atoms with Crippen molar-refractivity contribution in [2.75, 3.05) is 6.61 Å². The molecule has 1 saturated heterocycles. The van der Waals surface area contributed by atoms with Crippen LogP contribution in [0.2, 0.25) is 19.6 Å². The van der Waals surface area contributed by atoms with E-state index < -0.39 is 8.32 Å². The summed E-state index contributed by atoms with van der Waals surface area (Å²) in [5, 5.41) is 4.23. The summed E-state index contributed by atoms with van der Waals surface area (Å²) in [5.41, 5.74) is 2.80.